The number of carboxylic acid groups (broad SMARTS) is 1. The first kappa shape index (κ1) is 14.8. The van der Waals surface area contributed by atoms with E-state index in [0.29, 0.717) is 11.6 Å². The van der Waals surface area contributed by atoms with Gasteiger partial charge in [-0.3, -0.25) is 0 Å². The van der Waals surface area contributed by atoms with Crippen LogP contribution in [0.25, 0.3) is 10.9 Å². The molecule has 0 amide bonds. The highest BCUT2D eigenvalue weighted by Gasteiger charge is 2.10. The summed E-state index contributed by atoms with van der Waals surface area (Å²) in [5, 5.41) is 13.1. The molecule has 1 aromatic heterocycles. The second kappa shape index (κ2) is 5.92. The molecule has 1 heterocycles. The molecule has 0 atom stereocenters. The minimum Gasteiger partial charge on any atom is -0.478 e. The van der Waals surface area contributed by atoms with E-state index in [1.54, 1.807) is 24.3 Å². The number of para-hydroxylation sites is 1. The van der Waals surface area contributed by atoms with Gasteiger partial charge < -0.3 is 15.3 Å². The number of fused-ring (bicyclic) bond motifs is 1. The highest BCUT2D eigenvalue weighted by molar-refractivity contribution is 5.91. The number of aromatic carboxylic acids is 1. The van der Waals surface area contributed by atoms with E-state index in [-0.39, 0.29) is 5.56 Å². The van der Waals surface area contributed by atoms with Gasteiger partial charge in [-0.2, -0.15) is 4.98 Å². The molecule has 0 fully saturated rings. The maximum atomic E-state index is 11.1. The normalized spacial score (nSPS) is 10.5. The van der Waals surface area contributed by atoms with Gasteiger partial charge in [-0.15, -0.1) is 0 Å². The minimum atomic E-state index is -0.970. The SMILES string of the molecule is CN(C)c1nc(Nc2cccc(C(=O)O)c2)nc2ccccc12. The average Bonchev–Trinajstić information content (AvgIpc) is 2.54. The fraction of sp³-hybridized carbons (Fsp3) is 0.118. The molecule has 0 unspecified atom stereocenters. The van der Waals surface area contributed by atoms with Gasteiger partial charge in [-0.05, 0) is 30.3 Å². The molecule has 2 aromatic carbocycles. The number of anilines is 3. The van der Waals surface area contributed by atoms with Crippen LogP contribution in [0.4, 0.5) is 17.5 Å². The van der Waals surface area contributed by atoms with Crippen molar-refractivity contribution in [3.8, 4) is 0 Å². The molecule has 3 aromatic rings. The summed E-state index contributed by atoms with van der Waals surface area (Å²) in [6.45, 7) is 0. The van der Waals surface area contributed by atoms with Crippen molar-refractivity contribution in [2.24, 2.45) is 0 Å². The lowest BCUT2D eigenvalue weighted by Gasteiger charge is -2.16. The van der Waals surface area contributed by atoms with Crippen molar-refractivity contribution in [1.29, 1.82) is 0 Å². The van der Waals surface area contributed by atoms with E-state index in [1.165, 1.54) is 0 Å². The van der Waals surface area contributed by atoms with Crippen LogP contribution in [-0.2, 0) is 0 Å². The van der Waals surface area contributed by atoms with Crippen LogP contribution in [0.1, 0.15) is 10.4 Å². The van der Waals surface area contributed by atoms with E-state index in [2.05, 4.69) is 15.3 Å². The van der Waals surface area contributed by atoms with Gasteiger partial charge in [0.1, 0.15) is 5.82 Å². The standard InChI is InChI=1S/C17H16N4O2/c1-21(2)15-13-8-3-4-9-14(13)19-17(20-15)18-12-7-5-6-11(10-12)16(22)23/h3-10H,1-2H3,(H,22,23)(H,18,19,20). The third-order valence-electron chi connectivity index (χ3n) is 3.37. The van der Waals surface area contributed by atoms with Crippen LogP contribution in [0.2, 0.25) is 0 Å². The van der Waals surface area contributed by atoms with E-state index >= 15 is 0 Å². The average molecular weight is 308 g/mol. The highest BCUT2D eigenvalue weighted by Crippen LogP contribution is 2.25. The molecular formula is C17H16N4O2. The number of aromatic nitrogens is 2. The van der Waals surface area contributed by atoms with Crippen molar-refractivity contribution in [2.75, 3.05) is 24.3 Å². The van der Waals surface area contributed by atoms with Gasteiger partial charge in [-0.25, -0.2) is 9.78 Å². The van der Waals surface area contributed by atoms with Gasteiger partial charge in [0.15, 0.2) is 0 Å². The number of carboxylic acids is 1. The summed E-state index contributed by atoms with van der Waals surface area (Å²) in [5.41, 5.74) is 1.66. The Balaban J connectivity index is 2.03. The second-order valence-electron chi connectivity index (χ2n) is 5.29. The lowest BCUT2D eigenvalue weighted by molar-refractivity contribution is 0.0697. The fourth-order valence-electron chi connectivity index (χ4n) is 2.32. The first-order chi connectivity index (χ1) is 11.0. The molecule has 0 aliphatic carbocycles. The Kier molecular flexibility index (Phi) is 3.80. The summed E-state index contributed by atoms with van der Waals surface area (Å²) in [6, 6.07) is 14.3. The molecule has 23 heavy (non-hydrogen) atoms. The molecule has 0 aliphatic rings. The van der Waals surface area contributed by atoms with Crippen LogP contribution >= 0.6 is 0 Å². The Morgan fingerprint density at radius 3 is 2.61 bits per heavy atom. The van der Waals surface area contributed by atoms with Crippen molar-refractivity contribution in [1.82, 2.24) is 9.97 Å². The van der Waals surface area contributed by atoms with Gasteiger partial charge >= 0.3 is 5.97 Å². The van der Waals surface area contributed by atoms with Crippen molar-refractivity contribution in [3.63, 3.8) is 0 Å². The summed E-state index contributed by atoms with van der Waals surface area (Å²) in [7, 11) is 3.84. The molecule has 2 N–H and O–H groups in total. The predicted molar refractivity (Wildman–Crippen MR) is 90.5 cm³/mol. The van der Waals surface area contributed by atoms with E-state index < -0.39 is 5.97 Å². The van der Waals surface area contributed by atoms with Crippen LogP contribution < -0.4 is 10.2 Å². The predicted octanol–water partition coefficient (Wildman–Crippen LogP) is 3.14. The van der Waals surface area contributed by atoms with Crippen LogP contribution in [0.3, 0.4) is 0 Å². The molecule has 0 bridgehead atoms. The quantitative estimate of drug-likeness (QED) is 0.771. The number of hydrogen-bond donors (Lipinski definition) is 2. The first-order valence-corrected chi connectivity index (χ1v) is 7.09. The first-order valence-electron chi connectivity index (χ1n) is 7.09. The smallest absolute Gasteiger partial charge is 0.335 e. The van der Waals surface area contributed by atoms with E-state index in [1.807, 2.05) is 43.3 Å². The number of nitrogens with one attached hydrogen (secondary N) is 1. The molecule has 0 aliphatic heterocycles. The Labute approximate surface area is 133 Å². The number of benzene rings is 2. The zero-order valence-electron chi connectivity index (χ0n) is 12.8. The number of carbonyl (C=O) groups is 1. The molecule has 116 valence electrons. The van der Waals surface area contributed by atoms with Crippen molar-refractivity contribution in [2.45, 2.75) is 0 Å². The maximum absolute atomic E-state index is 11.1. The minimum absolute atomic E-state index is 0.212. The summed E-state index contributed by atoms with van der Waals surface area (Å²) < 4.78 is 0. The lowest BCUT2D eigenvalue weighted by atomic mass is 10.2. The van der Waals surface area contributed by atoms with Crippen LogP contribution in [0.5, 0.6) is 0 Å². The lowest BCUT2D eigenvalue weighted by Crippen LogP contribution is -2.13. The zero-order chi connectivity index (χ0) is 16.4. The van der Waals surface area contributed by atoms with Crippen molar-refractivity contribution >= 4 is 34.3 Å². The number of rotatable bonds is 4. The molecule has 3 rings (SSSR count). The largest absolute Gasteiger partial charge is 0.478 e. The summed E-state index contributed by atoms with van der Waals surface area (Å²) in [4.78, 5) is 22.0. The van der Waals surface area contributed by atoms with Crippen molar-refractivity contribution < 1.29 is 9.90 Å². The van der Waals surface area contributed by atoms with Gasteiger partial charge in [0, 0.05) is 25.2 Å². The van der Waals surface area contributed by atoms with E-state index in [9.17, 15) is 4.79 Å². The molecule has 6 nitrogen and oxygen atoms in total. The highest BCUT2D eigenvalue weighted by atomic mass is 16.4. The molecular weight excluding hydrogens is 292 g/mol. The van der Waals surface area contributed by atoms with Gasteiger partial charge in [-0.1, -0.05) is 18.2 Å². The monoisotopic (exact) mass is 308 g/mol. The summed E-state index contributed by atoms with van der Waals surface area (Å²) in [6.07, 6.45) is 0. The Hall–Kier alpha value is -3.15. The van der Waals surface area contributed by atoms with Gasteiger partial charge in [0.25, 0.3) is 0 Å². The van der Waals surface area contributed by atoms with E-state index in [4.69, 9.17) is 5.11 Å². The van der Waals surface area contributed by atoms with Crippen molar-refractivity contribution in [3.05, 3.63) is 54.1 Å². The molecule has 0 saturated heterocycles. The van der Waals surface area contributed by atoms with Gasteiger partial charge in [0.2, 0.25) is 5.95 Å². The summed E-state index contributed by atoms with van der Waals surface area (Å²) >= 11 is 0. The molecule has 6 heteroatoms. The Morgan fingerprint density at radius 2 is 1.87 bits per heavy atom. The van der Waals surface area contributed by atoms with Crippen LogP contribution in [-0.4, -0.2) is 35.1 Å². The maximum Gasteiger partial charge on any atom is 0.335 e. The topological polar surface area (TPSA) is 78.4 Å². The fourth-order valence-corrected chi connectivity index (χ4v) is 2.32. The Bertz CT molecular complexity index is 877. The van der Waals surface area contributed by atoms with Gasteiger partial charge in [0.05, 0.1) is 11.1 Å². The molecule has 0 spiro atoms. The Morgan fingerprint density at radius 1 is 1.09 bits per heavy atom. The number of nitrogens with zero attached hydrogens (tertiary/aromatic N) is 3. The number of hydrogen-bond acceptors (Lipinski definition) is 5. The second-order valence-corrected chi connectivity index (χ2v) is 5.29. The zero-order valence-corrected chi connectivity index (χ0v) is 12.8. The van der Waals surface area contributed by atoms with Crippen LogP contribution in [0, 0.1) is 0 Å². The third-order valence-corrected chi connectivity index (χ3v) is 3.37. The molecule has 0 radical (unpaired) electrons. The van der Waals surface area contributed by atoms with E-state index in [0.717, 1.165) is 16.7 Å². The summed E-state index contributed by atoms with van der Waals surface area (Å²) in [5.74, 6) is 0.254. The molecule has 0 saturated carbocycles. The van der Waals surface area contributed by atoms with Crippen LogP contribution in [0.15, 0.2) is 48.5 Å². The third kappa shape index (κ3) is 3.06.